The number of Topliss-reactive ketones (excluding diaryl/α,β-unsaturated/α-hetero) is 1. The van der Waals surface area contributed by atoms with E-state index in [0.717, 1.165) is 18.4 Å². The standard InChI is InChI=1S/C21H18Cl2N4O/c1-21(10-4-7-17(21)28)13-8-9-16-19(12(13)11-24)27(2)20(25-16)26-18-14(22)5-3-6-15(18)23/h3,5-6,8-9H,4,7,10H2,1-2H3,(H,25,26). The molecule has 1 heterocycles. The number of nitriles is 1. The number of para-hydroxylation sites is 1. The van der Waals surface area contributed by atoms with E-state index in [9.17, 15) is 10.1 Å². The number of imidazole rings is 1. The quantitative estimate of drug-likeness (QED) is 0.615. The molecule has 0 amide bonds. The van der Waals surface area contributed by atoms with Gasteiger partial charge in [0.2, 0.25) is 5.95 Å². The SMILES string of the molecule is Cn1c(Nc2c(Cl)cccc2Cl)nc2ccc(C3(C)CCCC3=O)c(C#N)c21. The molecule has 1 aliphatic rings. The van der Waals surface area contributed by atoms with Crippen LogP contribution in [0.2, 0.25) is 10.0 Å². The maximum atomic E-state index is 12.5. The fourth-order valence-electron chi connectivity index (χ4n) is 4.02. The molecular formula is C21H18Cl2N4O. The molecule has 0 saturated heterocycles. The van der Waals surface area contributed by atoms with E-state index in [1.165, 1.54) is 0 Å². The first-order valence-electron chi connectivity index (χ1n) is 9.01. The second kappa shape index (κ2) is 6.80. The lowest BCUT2D eigenvalue weighted by molar-refractivity contribution is -0.121. The Hall–Kier alpha value is -2.55. The summed E-state index contributed by atoms with van der Waals surface area (Å²) in [5.41, 5.74) is 2.55. The smallest absolute Gasteiger partial charge is 0.208 e. The minimum absolute atomic E-state index is 0.187. The highest BCUT2D eigenvalue weighted by Crippen LogP contribution is 2.41. The van der Waals surface area contributed by atoms with E-state index >= 15 is 0 Å². The monoisotopic (exact) mass is 412 g/mol. The molecule has 1 aliphatic carbocycles. The normalized spacial score (nSPS) is 19.2. The van der Waals surface area contributed by atoms with Crippen LogP contribution in [0.5, 0.6) is 0 Å². The molecule has 4 rings (SSSR count). The molecule has 142 valence electrons. The van der Waals surface area contributed by atoms with E-state index in [-0.39, 0.29) is 5.78 Å². The van der Waals surface area contributed by atoms with Crippen LogP contribution in [-0.2, 0) is 17.3 Å². The molecule has 0 bridgehead atoms. The van der Waals surface area contributed by atoms with Crippen molar-refractivity contribution in [1.29, 1.82) is 5.26 Å². The van der Waals surface area contributed by atoms with Gasteiger partial charge in [-0.1, -0.05) is 35.3 Å². The zero-order valence-corrected chi connectivity index (χ0v) is 17.0. The van der Waals surface area contributed by atoms with Crippen LogP contribution in [0.4, 0.5) is 11.6 Å². The number of anilines is 2. The maximum Gasteiger partial charge on any atom is 0.208 e. The molecule has 1 aromatic heterocycles. The second-order valence-corrected chi connectivity index (χ2v) is 8.11. The fraction of sp³-hybridized carbons (Fsp3) is 0.286. The van der Waals surface area contributed by atoms with E-state index in [1.54, 1.807) is 22.8 Å². The number of halogens is 2. The third-order valence-electron chi connectivity index (χ3n) is 5.64. The molecule has 0 radical (unpaired) electrons. The van der Waals surface area contributed by atoms with Gasteiger partial charge in [0.05, 0.1) is 37.7 Å². The first-order chi connectivity index (χ1) is 13.4. The fourth-order valence-corrected chi connectivity index (χ4v) is 4.51. The molecule has 1 saturated carbocycles. The lowest BCUT2D eigenvalue weighted by Gasteiger charge is -2.24. The highest BCUT2D eigenvalue weighted by molar-refractivity contribution is 6.39. The van der Waals surface area contributed by atoms with Crippen molar-refractivity contribution in [2.75, 3.05) is 5.32 Å². The van der Waals surface area contributed by atoms with E-state index in [2.05, 4.69) is 16.4 Å². The number of aryl methyl sites for hydroxylation is 1. The minimum Gasteiger partial charge on any atom is -0.323 e. The van der Waals surface area contributed by atoms with Gasteiger partial charge in [-0.2, -0.15) is 5.26 Å². The largest absolute Gasteiger partial charge is 0.323 e. The number of nitrogens with zero attached hydrogens (tertiary/aromatic N) is 3. The predicted octanol–water partition coefficient (Wildman–Crippen LogP) is 5.51. The van der Waals surface area contributed by atoms with Crippen molar-refractivity contribution in [2.24, 2.45) is 7.05 Å². The summed E-state index contributed by atoms with van der Waals surface area (Å²) in [5, 5.41) is 14.0. The molecule has 7 heteroatoms. The van der Waals surface area contributed by atoms with Gasteiger partial charge in [-0.3, -0.25) is 4.79 Å². The van der Waals surface area contributed by atoms with Crippen molar-refractivity contribution in [3.8, 4) is 6.07 Å². The summed E-state index contributed by atoms with van der Waals surface area (Å²) in [6, 6.07) is 11.3. The van der Waals surface area contributed by atoms with Gasteiger partial charge in [0.1, 0.15) is 11.9 Å². The van der Waals surface area contributed by atoms with Gasteiger partial charge >= 0.3 is 0 Å². The molecule has 1 atom stereocenters. The average molecular weight is 413 g/mol. The van der Waals surface area contributed by atoms with Gasteiger partial charge < -0.3 is 9.88 Å². The number of carbonyl (C=O) groups excluding carboxylic acids is 1. The summed E-state index contributed by atoms with van der Waals surface area (Å²) in [6.07, 6.45) is 2.16. The van der Waals surface area contributed by atoms with Crippen molar-refractivity contribution in [1.82, 2.24) is 9.55 Å². The average Bonchev–Trinajstić information content (AvgIpc) is 3.18. The van der Waals surface area contributed by atoms with E-state index in [0.29, 0.717) is 44.7 Å². The number of hydrogen-bond acceptors (Lipinski definition) is 4. The molecule has 5 nitrogen and oxygen atoms in total. The van der Waals surface area contributed by atoms with Crippen molar-refractivity contribution >= 4 is 51.7 Å². The van der Waals surface area contributed by atoms with E-state index < -0.39 is 5.41 Å². The van der Waals surface area contributed by atoms with Crippen LogP contribution in [0.3, 0.4) is 0 Å². The molecule has 2 aromatic carbocycles. The summed E-state index contributed by atoms with van der Waals surface area (Å²) in [7, 11) is 1.83. The zero-order valence-electron chi connectivity index (χ0n) is 15.5. The van der Waals surface area contributed by atoms with Crippen LogP contribution >= 0.6 is 23.2 Å². The Labute approximate surface area is 172 Å². The van der Waals surface area contributed by atoms with Crippen LogP contribution in [0, 0.1) is 11.3 Å². The van der Waals surface area contributed by atoms with Crippen LogP contribution < -0.4 is 5.32 Å². The predicted molar refractivity (Wildman–Crippen MR) is 111 cm³/mol. The highest BCUT2D eigenvalue weighted by atomic mass is 35.5. The van der Waals surface area contributed by atoms with Crippen molar-refractivity contribution in [2.45, 2.75) is 31.6 Å². The van der Waals surface area contributed by atoms with Gasteiger partial charge in [0.25, 0.3) is 0 Å². The van der Waals surface area contributed by atoms with E-state index in [1.807, 2.05) is 26.1 Å². The second-order valence-electron chi connectivity index (χ2n) is 7.29. The lowest BCUT2D eigenvalue weighted by Crippen LogP contribution is -2.28. The summed E-state index contributed by atoms with van der Waals surface area (Å²) in [6.45, 7) is 1.93. The Bertz CT molecular complexity index is 1140. The molecule has 28 heavy (non-hydrogen) atoms. The number of nitrogens with one attached hydrogen (secondary N) is 1. The number of aromatic nitrogens is 2. The van der Waals surface area contributed by atoms with Gasteiger partial charge in [-0.25, -0.2) is 4.98 Å². The molecular weight excluding hydrogens is 395 g/mol. The minimum atomic E-state index is -0.622. The van der Waals surface area contributed by atoms with Crippen LogP contribution in [0.1, 0.15) is 37.3 Å². The molecule has 0 aliphatic heterocycles. The van der Waals surface area contributed by atoms with E-state index in [4.69, 9.17) is 23.2 Å². The highest BCUT2D eigenvalue weighted by Gasteiger charge is 2.41. The van der Waals surface area contributed by atoms with Crippen molar-refractivity contribution in [3.05, 3.63) is 51.5 Å². The van der Waals surface area contributed by atoms with Crippen LogP contribution in [0.15, 0.2) is 30.3 Å². The van der Waals surface area contributed by atoms with Gasteiger partial charge in [0.15, 0.2) is 0 Å². The Balaban J connectivity index is 1.88. The number of ketones is 1. The first-order valence-corrected chi connectivity index (χ1v) is 9.77. The molecule has 1 unspecified atom stereocenters. The molecule has 3 aromatic rings. The maximum absolute atomic E-state index is 12.5. The third-order valence-corrected chi connectivity index (χ3v) is 6.27. The van der Waals surface area contributed by atoms with Gasteiger partial charge in [-0.15, -0.1) is 0 Å². The number of fused-ring (bicyclic) bond motifs is 1. The molecule has 1 N–H and O–H groups in total. The zero-order chi connectivity index (χ0) is 20.1. The van der Waals surface area contributed by atoms with Crippen LogP contribution in [-0.4, -0.2) is 15.3 Å². The summed E-state index contributed by atoms with van der Waals surface area (Å²) in [4.78, 5) is 17.1. The first kappa shape index (κ1) is 18.8. The molecule has 1 fully saturated rings. The lowest BCUT2D eigenvalue weighted by atomic mass is 9.77. The Morgan fingerprint density at radius 1 is 1.25 bits per heavy atom. The van der Waals surface area contributed by atoms with Gasteiger partial charge in [0, 0.05) is 13.5 Å². The summed E-state index contributed by atoms with van der Waals surface area (Å²) < 4.78 is 1.81. The topological polar surface area (TPSA) is 70.7 Å². The molecule has 0 spiro atoms. The van der Waals surface area contributed by atoms with Gasteiger partial charge in [-0.05, 0) is 43.5 Å². The number of benzene rings is 2. The van der Waals surface area contributed by atoms with Crippen molar-refractivity contribution in [3.63, 3.8) is 0 Å². The number of hydrogen-bond donors (Lipinski definition) is 1. The number of rotatable bonds is 3. The van der Waals surface area contributed by atoms with Crippen molar-refractivity contribution < 1.29 is 4.79 Å². The van der Waals surface area contributed by atoms with Crippen LogP contribution in [0.25, 0.3) is 11.0 Å². The Morgan fingerprint density at radius 2 is 1.96 bits per heavy atom. The third kappa shape index (κ3) is 2.76. The summed E-state index contributed by atoms with van der Waals surface area (Å²) in [5.74, 6) is 0.702. The Kier molecular flexibility index (Phi) is 4.57. The number of carbonyl (C=O) groups is 1. The Morgan fingerprint density at radius 3 is 2.57 bits per heavy atom. The summed E-state index contributed by atoms with van der Waals surface area (Å²) >= 11 is 12.5.